The maximum Gasteiger partial charge on any atom is 0.181 e. The van der Waals surface area contributed by atoms with Crippen LogP contribution >= 0.6 is 0 Å². The van der Waals surface area contributed by atoms with Gasteiger partial charge in [-0.1, -0.05) is 178 Å². The number of hydrogen-bond acceptors (Lipinski definition) is 5. The molecule has 9 aromatic rings. The van der Waals surface area contributed by atoms with Crippen molar-refractivity contribution in [1.82, 2.24) is 15.0 Å². The molecular weight excluding hydrogens is 735 g/mol. The maximum atomic E-state index is 7.04. The molecule has 8 aromatic carbocycles. The maximum absolute atomic E-state index is 7.04. The topological polar surface area (TPSA) is 57.1 Å². The molecule has 3 aliphatic rings. The summed E-state index contributed by atoms with van der Waals surface area (Å²) in [6, 6.07) is 65.8. The molecule has 0 saturated carbocycles. The number of rotatable bonds is 5. The van der Waals surface area contributed by atoms with Gasteiger partial charge in [0.25, 0.3) is 0 Å². The van der Waals surface area contributed by atoms with Gasteiger partial charge in [0.1, 0.15) is 0 Å². The van der Waals surface area contributed by atoms with Crippen molar-refractivity contribution in [2.45, 2.75) is 24.7 Å². The molecule has 0 fully saturated rings. The first-order chi connectivity index (χ1) is 29.5. The molecule has 0 radical (unpaired) electrons. The van der Waals surface area contributed by atoms with Crippen LogP contribution in [0.1, 0.15) is 47.2 Å². The lowest BCUT2D eigenvalue weighted by Crippen LogP contribution is -2.28. The predicted octanol–water partition coefficient (Wildman–Crippen LogP) is 13.4. The molecule has 0 N–H and O–H groups in total. The zero-order valence-corrected chi connectivity index (χ0v) is 33.1. The predicted molar refractivity (Wildman–Crippen MR) is 238 cm³/mol. The van der Waals surface area contributed by atoms with Crippen molar-refractivity contribution in [2.24, 2.45) is 0 Å². The van der Waals surface area contributed by atoms with Gasteiger partial charge in [-0.2, -0.15) is 0 Å². The summed E-state index contributed by atoms with van der Waals surface area (Å²) in [7, 11) is 0. The smallest absolute Gasteiger partial charge is 0.181 e. The minimum atomic E-state index is -0.556. The molecule has 0 unspecified atom stereocenters. The number of benzene rings is 8. The highest BCUT2D eigenvalue weighted by atomic mass is 16.6. The van der Waals surface area contributed by atoms with Gasteiger partial charge in [-0.3, -0.25) is 0 Å². The van der Waals surface area contributed by atoms with Gasteiger partial charge < -0.3 is 9.47 Å². The second-order valence-corrected chi connectivity index (χ2v) is 16.3. The number of nitrogens with zero attached hydrogens (tertiary/aromatic N) is 3. The van der Waals surface area contributed by atoms with E-state index in [-0.39, 0.29) is 5.41 Å². The molecule has 60 heavy (non-hydrogen) atoms. The summed E-state index contributed by atoms with van der Waals surface area (Å²) in [4.78, 5) is 15.4. The molecule has 0 amide bonds. The Hall–Kier alpha value is -7.63. The second kappa shape index (κ2) is 12.9. The van der Waals surface area contributed by atoms with Crippen LogP contribution in [0.2, 0.25) is 0 Å². The van der Waals surface area contributed by atoms with E-state index in [0.29, 0.717) is 40.5 Å². The Morgan fingerprint density at radius 3 is 1.65 bits per heavy atom. The van der Waals surface area contributed by atoms with Crippen LogP contribution in [0.15, 0.2) is 188 Å². The molecule has 2 heterocycles. The van der Waals surface area contributed by atoms with Gasteiger partial charge in [-0.25, -0.2) is 15.0 Å². The Morgan fingerprint density at radius 2 is 0.917 bits per heavy atom. The highest BCUT2D eigenvalue weighted by Gasteiger charge is 2.48. The van der Waals surface area contributed by atoms with E-state index in [4.69, 9.17) is 24.4 Å². The van der Waals surface area contributed by atoms with Crippen molar-refractivity contribution in [3.63, 3.8) is 0 Å². The molecule has 0 spiro atoms. The zero-order valence-electron chi connectivity index (χ0n) is 33.1. The van der Waals surface area contributed by atoms with Gasteiger partial charge in [0.15, 0.2) is 40.5 Å². The average Bonchev–Trinajstić information content (AvgIpc) is 3.74. The van der Waals surface area contributed by atoms with Crippen molar-refractivity contribution in [3.8, 4) is 79.4 Å². The largest absolute Gasteiger partial charge is 0.449 e. The van der Waals surface area contributed by atoms with E-state index in [0.717, 1.165) is 33.4 Å². The molecule has 0 atom stereocenters. The fourth-order valence-corrected chi connectivity index (χ4v) is 9.95. The number of fused-ring (bicyclic) bond motifs is 9. The van der Waals surface area contributed by atoms with Gasteiger partial charge in [-0.05, 0) is 74.3 Å². The van der Waals surface area contributed by atoms with Crippen molar-refractivity contribution in [3.05, 3.63) is 221 Å². The van der Waals surface area contributed by atoms with Crippen LogP contribution in [0.5, 0.6) is 23.0 Å². The average molecular weight is 772 g/mol. The second-order valence-electron chi connectivity index (χ2n) is 16.3. The molecule has 1 aromatic heterocycles. The number of ether oxygens (including phenoxy) is 2. The molecule has 284 valence electrons. The zero-order chi connectivity index (χ0) is 40.0. The van der Waals surface area contributed by atoms with Gasteiger partial charge in [0, 0.05) is 22.1 Å². The normalized spacial score (nSPS) is 14.4. The SMILES string of the molecule is CC1(C)c2ccccc2-c2ccc(-c3nc(-c4ccccc4)nc(-c4cccc5c4Oc4ccc6c(c4O5)-c4ccccc4C6(c4ccccc4)c4ccccc4)n3)cc21. The lowest BCUT2D eigenvalue weighted by atomic mass is 9.68. The van der Waals surface area contributed by atoms with Crippen molar-refractivity contribution >= 4 is 0 Å². The van der Waals surface area contributed by atoms with Gasteiger partial charge in [-0.15, -0.1) is 0 Å². The van der Waals surface area contributed by atoms with Crippen molar-refractivity contribution < 1.29 is 9.47 Å². The first-order valence-electron chi connectivity index (χ1n) is 20.4. The highest BCUT2D eigenvalue weighted by molar-refractivity contribution is 5.92. The first-order valence-corrected chi connectivity index (χ1v) is 20.4. The highest BCUT2D eigenvalue weighted by Crippen LogP contribution is 2.62. The fraction of sp³-hybridized carbons (Fsp3) is 0.0727. The van der Waals surface area contributed by atoms with Crippen molar-refractivity contribution in [1.29, 1.82) is 0 Å². The quantitative estimate of drug-likeness (QED) is 0.174. The summed E-state index contributed by atoms with van der Waals surface area (Å²) in [5.74, 6) is 4.18. The van der Waals surface area contributed by atoms with Gasteiger partial charge in [0.05, 0.1) is 11.0 Å². The lowest BCUT2D eigenvalue weighted by Gasteiger charge is -2.34. The summed E-state index contributed by atoms with van der Waals surface area (Å²) in [6.07, 6.45) is 0. The van der Waals surface area contributed by atoms with E-state index in [9.17, 15) is 0 Å². The van der Waals surface area contributed by atoms with Crippen LogP contribution in [0, 0.1) is 0 Å². The molecule has 2 aliphatic carbocycles. The fourth-order valence-electron chi connectivity index (χ4n) is 9.95. The van der Waals surface area contributed by atoms with Gasteiger partial charge >= 0.3 is 0 Å². The van der Waals surface area contributed by atoms with E-state index in [1.807, 2.05) is 48.5 Å². The Balaban J connectivity index is 1.01. The molecular formula is C55H37N3O2. The Labute approximate surface area is 348 Å². The summed E-state index contributed by atoms with van der Waals surface area (Å²) in [5, 5.41) is 0. The Bertz CT molecular complexity index is 3140. The third kappa shape index (κ3) is 4.89. The third-order valence-corrected chi connectivity index (χ3v) is 12.7. The van der Waals surface area contributed by atoms with Crippen LogP contribution in [-0.4, -0.2) is 15.0 Å². The summed E-state index contributed by atoms with van der Waals surface area (Å²) in [6.45, 7) is 4.58. The third-order valence-electron chi connectivity index (χ3n) is 12.7. The summed E-state index contributed by atoms with van der Waals surface area (Å²) < 4.78 is 14.0. The molecule has 5 nitrogen and oxygen atoms in total. The van der Waals surface area contributed by atoms with E-state index in [1.54, 1.807) is 0 Å². The first kappa shape index (κ1) is 34.4. The van der Waals surface area contributed by atoms with Crippen LogP contribution in [0.3, 0.4) is 0 Å². The van der Waals surface area contributed by atoms with Crippen LogP contribution in [-0.2, 0) is 10.8 Å². The van der Waals surface area contributed by atoms with Crippen LogP contribution in [0.4, 0.5) is 0 Å². The molecule has 0 saturated heterocycles. The summed E-state index contributed by atoms with van der Waals surface area (Å²) in [5.41, 5.74) is 13.8. The van der Waals surface area contributed by atoms with E-state index >= 15 is 0 Å². The van der Waals surface area contributed by atoms with Gasteiger partial charge in [0.2, 0.25) is 0 Å². The van der Waals surface area contributed by atoms with Crippen LogP contribution < -0.4 is 9.47 Å². The monoisotopic (exact) mass is 771 g/mol. The van der Waals surface area contributed by atoms with E-state index in [1.165, 1.54) is 38.9 Å². The molecule has 12 rings (SSSR count). The molecule has 1 aliphatic heterocycles. The standard InChI is InChI=1S/C55H37N3O2/c1-54(2)42-26-14-12-23-38(42)39-30-29-35(33-45(39)54)52-56-51(34-17-6-3-7-18-34)57-53(58-52)41-25-16-28-46-49(41)59-47-32-31-44-48(50(47)60-46)40-24-13-15-27-43(40)55(44,36-19-8-4-9-20-36)37-21-10-5-11-22-37/h3-33H,1-2H3. The molecule has 0 bridgehead atoms. The van der Waals surface area contributed by atoms with Crippen molar-refractivity contribution in [2.75, 3.05) is 0 Å². The summed E-state index contributed by atoms with van der Waals surface area (Å²) >= 11 is 0. The lowest BCUT2D eigenvalue weighted by molar-refractivity contribution is 0.361. The number of para-hydroxylation sites is 1. The Morgan fingerprint density at radius 1 is 0.367 bits per heavy atom. The molecule has 5 heteroatoms. The Kier molecular flexibility index (Phi) is 7.42. The minimum Gasteiger partial charge on any atom is -0.449 e. The number of aromatic nitrogens is 3. The van der Waals surface area contributed by atoms with Crippen LogP contribution in [0.25, 0.3) is 56.4 Å². The van der Waals surface area contributed by atoms with E-state index < -0.39 is 5.41 Å². The minimum absolute atomic E-state index is 0.167. The van der Waals surface area contributed by atoms with E-state index in [2.05, 4.69) is 153 Å². The number of hydrogen-bond donors (Lipinski definition) is 0.